The Kier molecular flexibility index (Phi) is 7.85. The van der Waals surface area contributed by atoms with Crippen LogP contribution in [0.2, 0.25) is 0 Å². The van der Waals surface area contributed by atoms with E-state index in [-0.39, 0.29) is 17.9 Å². The first-order chi connectivity index (χ1) is 12.1. The van der Waals surface area contributed by atoms with E-state index < -0.39 is 22.7 Å². The van der Waals surface area contributed by atoms with Crippen LogP contribution in [-0.4, -0.2) is 19.0 Å². The zero-order valence-electron chi connectivity index (χ0n) is 15.3. The number of ether oxygens (including phenoxy) is 1. The minimum atomic E-state index is -1.06. The van der Waals surface area contributed by atoms with Gasteiger partial charge in [0.2, 0.25) is 0 Å². The van der Waals surface area contributed by atoms with Crippen LogP contribution < -0.4 is 9.64 Å². The molecule has 0 aliphatic heterocycles. The summed E-state index contributed by atoms with van der Waals surface area (Å²) in [6.07, 6.45) is 1.42. The zero-order chi connectivity index (χ0) is 20.2. The fourth-order valence-electron chi connectivity index (χ4n) is 2.19. The summed E-state index contributed by atoms with van der Waals surface area (Å²) < 4.78 is 34.2. The lowest BCUT2D eigenvalue weighted by molar-refractivity contribution is 0.264. The molecular formula is C19H21Cl2F2NO2. The highest BCUT2D eigenvalue weighted by molar-refractivity contribution is 6.66. The van der Waals surface area contributed by atoms with Crippen molar-refractivity contribution < 1.29 is 18.3 Å². The number of carbonyl (C=O) groups is 1. The van der Waals surface area contributed by atoms with Crippen LogP contribution in [0.4, 0.5) is 19.3 Å². The summed E-state index contributed by atoms with van der Waals surface area (Å²) in [7, 11) is 1.25. The summed E-state index contributed by atoms with van der Waals surface area (Å²) in [6.45, 7) is 10.4. The van der Waals surface area contributed by atoms with Gasteiger partial charge in [-0.3, -0.25) is 9.69 Å². The van der Waals surface area contributed by atoms with Gasteiger partial charge in [-0.25, -0.2) is 8.78 Å². The van der Waals surface area contributed by atoms with Gasteiger partial charge >= 0.3 is 5.37 Å². The van der Waals surface area contributed by atoms with Gasteiger partial charge in [0.25, 0.3) is 0 Å². The van der Waals surface area contributed by atoms with Crippen LogP contribution in [0.3, 0.4) is 0 Å². The van der Waals surface area contributed by atoms with E-state index in [9.17, 15) is 13.6 Å². The molecule has 1 aromatic carbocycles. The standard InChI is InChI=1S/C19H21Cl2F2NO2/c1-7-13(15(20)12(5)10(2)3)9-24(19(21)25)18-16(22)11(4)8-14(26-6)17(18)23/h7-8H,1,9H2,2-6H3/b15-13-. The Labute approximate surface area is 162 Å². The molecule has 0 atom stereocenters. The molecule has 0 saturated heterocycles. The van der Waals surface area contributed by atoms with E-state index in [1.807, 2.05) is 13.8 Å². The molecule has 0 spiro atoms. The van der Waals surface area contributed by atoms with E-state index in [1.165, 1.54) is 26.2 Å². The average Bonchev–Trinajstić information content (AvgIpc) is 2.59. The van der Waals surface area contributed by atoms with Crippen molar-refractivity contribution in [1.82, 2.24) is 0 Å². The minimum absolute atomic E-state index is 0.108. The molecule has 26 heavy (non-hydrogen) atoms. The van der Waals surface area contributed by atoms with E-state index in [2.05, 4.69) is 6.58 Å². The Morgan fingerprint density at radius 2 is 1.85 bits per heavy atom. The first kappa shape index (κ1) is 22.2. The molecule has 0 N–H and O–H groups in total. The van der Waals surface area contributed by atoms with E-state index >= 15 is 0 Å². The number of anilines is 1. The topological polar surface area (TPSA) is 29.5 Å². The number of rotatable bonds is 6. The molecule has 0 aromatic heterocycles. The maximum absolute atomic E-state index is 14.7. The van der Waals surface area contributed by atoms with E-state index in [0.717, 1.165) is 16.0 Å². The lowest BCUT2D eigenvalue weighted by atomic mass is 10.1. The second kappa shape index (κ2) is 9.19. The summed E-state index contributed by atoms with van der Waals surface area (Å²) in [6, 6.07) is 1.20. The largest absolute Gasteiger partial charge is 0.494 e. The third-order valence-electron chi connectivity index (χ3n) is 3.96. The van der Waals surface area contributed by atoms with Crippen molar-refractivity contribution in [3.05, 3.63) is 57.7 Å². The monoisotopic (exact) mass is 403 g/mol. The number of hydrogen-bond donors (Lipinski definition) is 0. The Bertz CT molecular complexity index is 797. The Morgan fingerprint density at radius 1 is 1.27 bits per heavy atom. The molecule has 0 aliphatic rings. The second-order valence-electron chi connectivity index (χ2n) is 5.88. The Morgan fingerprint density at radius 3 is 2.27 bits per heavy atom. The normalized spacial score (nSPS) is 11.6. The molecule has 1 rings (SSSR count). The summed E-state index contributed by atoms with van der Waals surface area (Å²) in [4.78, 5) is 12.7. The average molecular weight is 404 g/mol. The highest BCUT2D eigenvalue weighted by Gasteiger charge is 2.27. The Balaban J connectivity index is 3.60. The molecule has 142 valence electrons. The molecule has 0 unspecified atom stereocenters. The van der Waals surface area contributed by atoms with Crippen LogP contribution in [0.25, 0.3) is 0 Å². The van der Waals surface area contributed by atoms with Gasteiger partial charge in [-0.2, -0.15) is 0 Å². The lowest BCUT2D eigenvalue weighted by Gasteiger charge is -2.24. The van der Waals surface area contributed by atoms with Crippen LogP contribution in [0.1, 0.15) is 26.3 Å². The van der Waals surface area contributed by atoms with Crippen LogP contribution in [-0.2, 0) is 0 Å². The van der Waals surface area contributed by atoms with Gasteiger partial charge in [-0.1, -0.05) is 29.8 Å². The fourth-order valence-corrected chi connectivity index (χ4v) is 2.66. The summed E-state index contributed by atoms with van der Waals surface area (Å²) in [5.74, 6) is -2.13. The van der Waals surface area contributed by atoms with Gasteiger partial charge in [0, 0.05) is 5.03 Å². The number of amides is 1. The molecule has 0 saturated carbocycles. The third kappa shape index (κ3) is 4.65. The maximum atomic E-state index is 14.7. The van der Waals surface area contributed by atoms with Crippen molar-refractivity contribution in [1.29, 1.82) is 0 Å². The van der Waals surface area contributed by atoms with Gasteiger partial charge in [-0.15, -0.1) is 0 Å². The van der Waals surface area contributed by atoms with Crippen LogP contribution in [0.15, 0.2) is 40.5 Å². The molecule has 1 amide bonds. The zero-order valence-corrected chi connectivity index (χ0v) is 16.9. The first-order valence-corrected chi connectivity index (χ1v) is 8.47. The number of carbonyl (C=O) groups excluding carboxylic acids is 1. The minimum Gasteiger partial charge on any atom is -0.494 e. The first-order valence-electron chi connectivity index (χ1n) is 7.71. The summed E-state index contributed by atoms with van der Waals surface area (Å²) >= 11 is 12.0. The molecule has 7 heteroatoms. The van der Waals surface area contributed by atoms with Crippen LogP contribution in [0.5, 0.6) is 5.75 Å². The van der Waals surface area contributed by atoms with Gasteiger partial charge in [0.1, 0.15) is 5.69 Å². The van der Waals surface area contributed by atoms with Gasteiger partial charge in [0.15, 0.2) is 17.4 Å². The maximum Gasteiger partial charge on any atom is 0.321 e. The molecule has 0 fully saturated rings. The predicted octanol–water partition coefficient (Wildman–Crippen LogP) is 6.48. The van der Waals surface area contributed by atoms with Crippen LogP contribution >= 0.6 is 23.2 Å². The van der Waals surface area contributed by atoms with Crippen molar-refractivity contribution in [3.63, 3.8) is 0 Å². The molecule has 1 aromatic rings. The van der Waals surface area contributed by atoms with Gasteiger partial charge in [-0.05, 0) is 62.1 Å². The SMILES string of the molecule is C=C/C(CN(C(=O)Cl)c1c(F)c(C)cc(OC)c1F)=C(/Cl)C(C)=C(C)C. The number of nitrogens with zero attached hydrogens (tertiary/aromatic N) is 1. The van der Waals surface area contributed by atoms with Crippen molar-refractivity contribution in [2.45, 2.75) is 27.7 Å². The van der Waals surface area contributed by atoms with Gasteiger partial charge in [0.05, 0.1) is 13.7 Å². The fraction of sp³-hybridized carbons (Fsp3) is 0.316. The molecule has 3 nitrogen and oxygen atoms in total. The molecule has 0 heterocycles. The smallest absolute Gasteiger partial charge is 0.321 e. The van der Waals surface area contributed by atoms with Crippen molar-refractivity contribution in [2.75, 3.05) is 18.6 Å². The number of methoxy groups -OCH3 is 1. The highest BCUT2D eigenvalue weighted by Crippen LogP contribution is 2.35. The third-order valence-corrected chi connectivity index (χ3v) is 4.69. The Hall–Kier alpha value is -1.85. The van der Waals surface area contributed by atoms with Crippen molar-refractivity contribution in [3.8, 4) is 5.75 Å². The number of aryl methyl sites for hydroxylation is 1. The summed E-state index contributed by atoms with van der Waals surface area (Å²) in [5, 5.41) is -0.725. The summed E-state index contributed by atoms with van der Waals surface area (Å²) in [5.41, 5.74) is 1.63. The van der Waals surface area contributed by atoms with Crippen molar-refractivity contribution in [2.24, 2.45) is 0 Å². The van der Waals surface area contributed by atoms with Gasteiger partial charge < -0.3 is 4.74 Å². The number of halogens is 4. The molecule has 0 aliphatic carbocycles. The van der Waals surface area contributed by atoms with E-state index in [0.29, 0.717) is 10.6 Å². The van der Waals surface area contributed by atoms with E-state index in [4.69, 9.17) is 27.9 Å². The number of benzene rings is 1. The lowest BCUT2D eigenvalue weighted by Crippen LogP contribution is -2.30. The number of hydrogen-bond acceptors (Lipinski definition) is 2. The van der Waals surface area contributed by atoms with E-state index in [1.54, 1.807) is 6.92 Å². The highest BCUT2D eigenvalue weighted by atomic mass is 35.5. The predicted molar refractivity (Wildman–Crippen MR) is 103 cm³/mol. The number of allylic oxidation sites excluding steroid dienone is 3. The molecule has 0 bridgehead atoms. The molecular weight excluding hydrogens is 383 g/mol. The second-order valence-corrected chi connectivity index (χ2v) is 6.58. The van der Waals surface area contributed by atoms with Crippen molar-refractivity contribution >= 4 is 34.3 Å². The van der Waals surface area contributed by atoms with Crippen LogP contribution in [0, 0.1) is 18.6 Å². The quantitative estimate of drug-likeness (QED) is 0.308. The molecule has 0 radical (unpaired) electrons.